The van der Waals surface area contributed by atoms with Gasteiger partial charge in [0.1, 0.15) is 11.5 Å². The summed E-state index contributed by atoms with van der Waals surface area (Å²) < 4.78 is 11.9. The van der Waals surface area contributed by atoms with Crippen LogP contribution in [0.1, 0.15) is 63.9 Å². The predicted octanol–water partition coefficient (Wildman–Crippen LogP) is 7.29. The largest absolute Gasteiger partial charge is 0.494 e. The monoisotopic (exact) mass is 376 g/mol. The first-order valence-corrected chi connectivity index (χ1v) is 10.6. The summed E-state index contributed by atoms with van der Waals surface area (Å²) in [5.41, 5.74) is 1.21. The van der Waals surface area contributed by atoms with E-state index in [-0.39, 0.29) is 0 Å². The molecule has 0 N–H and O–H groups in total. The number of alkyl halides is 1. The summed E-state index contributed by atoms with van der Waals surface area (Å²) >= 11 is 5.70. The average molecular weight is 377 g/mol. The van der Waals surface area contributed by atoms with Crippen LogP contribution in [0.2, 0.25) is 0 Å². The van der Waals surface area contributed by atoms with Gasteiger partial charge in [-0.15, -0.1) is 11.6 Å². The molecule has 2 aromatic carbocycles. The minimum Gasteiger partial charge on any atom is -0.494 e. The second kappa shape index (κ2) is 12.1. The molecule has 2 aromatic rings. The molecule has 3 heteroatoms. The van der Waals surface area contributed by atoms with Crippen LogP contribution >= 0.6 is 11.6 Å². The number of aryl methyl sites for hydroxylation is 1. The second-order valence-electron chi connectivity index (χ2n) is 6.93. The Labute approximate surface area is 163 Å². The van der Waals surface area contributed by atoms with Crippen molar-refractivity contribution in [3.05, 3.63) is 35.9 Å². The Balaban J connectivity index is 1.88. The molecule has 0 saturated heterocycles. The van der Waals surface area contributed by atoms with Gasteiger partial charge in [-0.3, -0.25) is 0 Å². The van der Waals surface area contributed by atoms with Crippen LogP contribution in [0, 0.1) is 6.92 Å². The topological polar surface area (TPSA) is 18.5 Å². The van der Waals surface area contributed by atoms with Crippen LogP contribution in [0.15, 0.2) is 30.3 Å². The number of ether oxygens (including phenoxy) is 2. The standard InChI is InChI=1S/C23H33ClO2/c1-3-4-5-6-9-17-26-23-14-11-20-18-21(12-13-22(20)19(23)2)25-16-10-7-8-15-24/h11-14,18H,3-10,15-17H2,1-2H3. The number of benzene rings is 2. The van der Waals surface area contributed by atoms with Gasteiger partial charge >= 0.3 is 0 Å². The quantitative estimate of drug-likeness (QED) is 0.270. The first-order chi connectivity index (χ1) is 12.8. The van der Waals surface area contributed by atoms with Gasteiger partial charge in [0, 0.05) is 5.88 Å². The fraction of sp³-hybridized carbons (Fsp3) is 0.565. The molecule has 0 fully saturated rings. The lowest BCUT2D eigenvalue weighted by Gasteiger charge is -2.13. The molecule has 0 aliphatic heterocycles. The highest BCUT2D eigenvalue weighted by Crippen LogP contribution is 2.30. The van der Waals surface area contributed by atoms with Crippen molar-refractivity contribution in [1.82, 2.24) is 0 Å². The van der Waals surface area contributed by atoms with Gasteiger partial charge in [-0.25, -0.2) is 0 Å². The molecule has 2 nitrogen and oxygen atoms in total. The van der Waals surface area contributed by atoms with Crippen molar-refractivity contribution in [2.75, 3.05) is 19.1 Å². The molecule has 0 heterocycles. The van der Waals surface area contributed by atoms with Crippen molar-refractivity contribution in [2.45, 2.75) is 65.2 Å². The smallest absolute Gasteiger partial charge is 0.122 e. The molecule has 0 spiro atoms. The fourth-order valence-electron chi connectivity index (χ4n) is 3.14. The first-order valence-electron chi connectivity index (χ1n) is 10.1. The Hall–Kier alpha value is -1.41. The molecular formula is C23H33ClO2. The lowest BCUT2D eigenvalue weighted by molar-refractivity contribution is 0.303. The Morgan fingerprint density at radius 2 is 1.54 bits per heavy atom. The summed E-state index contributed by atoms with van der Waals surface area (Å²) in [6, 6.07) is 10.6. The molecular weight excluding hydrogens is 344 g/mol. The normalized spacial score (nSPS) is 11.0. The van der Waals surface area contributed by atoms with Crippen LogP contribution in [0.4, 0.5) is 0 Å². The van der Waals surface area contributed by atoms with Crippen molar-refractivity contribution >= 4 is 22.4 Å². The lowest BCUT2D eigenvalue weighted by Crippen LogP contribution is -2.00. The molecule has 0 saturated carbocycles. The highest BCUT2D eigenvalue weighted by molar-refractivity contribution is 6.17. The van der Waals surface area contributed by atoms with E-state index >= 15 is 0 Å². The molecule has 0 aliphatic rings. The molecule has 0 unspecified atom stereocenters. The number of halogens is 1. The van der Waals surface area contributed by atoms with Crippen LogP contribution in [-0.2, 0) is 0 Å². The molecule has 26 heavy (non-hydrogen) atoms. The fourth-order valence-corrected chi connectivity index (χ4v) is 3.33. The van der Waals surface area contributed by atoms with Crippen molar-refractivity contribution in [2.24, 2.45) is 0 Å². The van der Waals surface area contributed by atoms with Crippen LogP contribution in [0.3, 0.4) is 0 Å². The molecule has 0 radical (unpaired) electrons. The molecule has 0 bridgehead atoms. The molecule has 0 aromatic heterocycles. The summed E-state index contributed by atoms with van der Waals surface area (Å²) in [6.07, 6.45) is 9.54. The van der Waals surface area contributed by atoms with E-state index in [1.807, 2.05) is 0 Å². The zero-order valence-corrected chi connectivity index (χ0v) is 17.1. The summed E-state index contributed by atoms with van der Waals surface area (Å²) in [4.78, 5) is 0. The average Bonchev–Trinajstić information content (AvgIpc) is 2.66. The Kier molecular flexibility index (Phi) is 9.70. The zero-order valence-electron chi connectivity index (χ0n) is 16.4. The molecule has 144 valence electrons. The Morgan fingerprint density at radius 3 is 2.31 bits per heavy atom. The van der Waals surface area contributed by atoms with E-state index in [1.54, 1.807) is 0 Å². The van der Waals surface area contributed by atoms with Crippen LogP contribution in [0.25, 0.3) is 10.8 Å². The van der Waals surface area contributed by atoms with E-state index < -0.39 is 0 Å². The van der Waals surface area contributed by atoms with E-state index in [9.17, 15) is 0 Å². The van der Waals surface area contributed by atoms with Gasteiger partial charge in [-0.1, -0.05) is 44.7 Å². The summed E-state index contributed by atoms with van der Waals surface area (Å²) in [5.74, 6) is 2.67. The van der Waals surface area contributed by atoms with Gasteiger partial charge < -0.3 is 9.47 Å². The van der Waals surface area contributed by atoms with Gasteiger partial charge in [0.2, 0.25) is 0 Å². The van der Waals surface area contributed by atoms with Crippen molar-refractivity contribution < 1.29 is 9.47 Å². The lowest BCUT2D eigenvalue weighted by atomic mass is 10.0. The molecule has 0 aliphatic carbocycles. The summed E-state index contributed by atoms with van der Waals surface area (Å²) in [5, 5.41) is 2.44. The number of rotatable bonds is 13. The highest BCUT2D eigenvalue weighted by atomic mass is 35.5. The third kappa shape index (κ3) is 6.72. The number of hydrogen-bond donors (Lipinski definition) is 0. The van der Waals surface area contributed by atoms with Crippen LogP contribution < -0.4 is 9.47 Å². The second-order valence-corrected chi connectivity index (χ2v) is 7.31. The Bertz CT molecular complexity index is 654. The van der Waals surface area contributed by atoms with Gasteiger partial charge in [0.05, 0.1) is 13.2 Å². The Morgan fingerprint density at radius 1 is 0.808 bits per heavy atom. The van der Waals surface area contributed by atoms with E-state index in [4.69, 9.17) is 21.1 Å². The van der Waals surface area contributed by atoms with Gasteiger partial charge in [0.25, 0.3) is 0 Å². The summed E-state index contributed by atoms with van der Waals surface area (Å²) in [6.45, 7) is 5.94. The van der Waals surface area contributed by atoms with E-state index in [0.717, 1.165) is 56.3 Å². The van der Waals surface area contributed by atoms with E-state index in [1.165, 1.54) is 42.0 Å². The maximum absolute atomic E-state index is 6.02. The third-order valence-corrected chi connectivity index (χ3v) is 5.03. The maximum Gasteiger partial charge on any atom is 0.122 e. The predicted molar refractivity (Wildman–Crippen MR) is 113 cm³/mol. The first kappa shape index (κ1) is 20.9. The minimum absolute atomic E-state index is 0.735. The SMILES string of the molecule is CCCCCCCOc1ccc2cc(OCCCCCCl)ccc2c1C. The van der Waals surface area contributed by atoms with Gasteiger partial charge in [0.15, 0.2) is 0 Å². The van der Waals surface area contributed by atoms with E-state index in [0.29, 0.717) is 0 Å². The van der Waals surface area contributed by atoms with E-state index in [2.05, 4.69) is 44.2 Å². The third-order valence-electron chi connectivity index (χ3n) is 4.76. The molecule has 0 amide bonds. The number of unbranched alkanes of at least 4 members (excludes halogenated alkanes) is 6. The van der Waals surface area contributed by atoms with Crippen LogP contribution in [0.5, 0.6) is 11.5 Å². The van der Waals surface area contributed by atoms with Crippen LogP contribution in [-0.4, -0.2) is 19.1 Å². The van der Waals surface area contributed by atoms with Gasteiger partial charge in [-0.2, -0.15) is 0 Å². The van der Waals surface area contributed by atoms with Crippen molar-refractivity contribution in [3.8, 4) is 11.5 Å². The summed E-state index contributed by atoms with van der Waals surface area (Å²) in [7, 11) is 0. The minimum atomic E-state index is 0.735. The molecule has 0 atom stereocenters. The zero-order chi connectivity index (χ0) is 18.6. The van der Waals surface area contributed by atoms with Gasteiger partial charge in [-0.05, 0) is 67.1 Å². The molecule has 2 rings (SSSR count). The maximum atomic E-state index is 6.02. The van der Waals surface area contributed by atoms with Crippen molar-refractivity contribution in [1.29, 1.82) is 0 Å². The number of fused-ring (bicyclic) bond motifs is 1. The van der Waals surface area contributed by atoms with Crippen molar-refractivity contribution in [3.63, 3.8) is 0 Å². The highest BCUT2D eigenvalue weighted by Gasteiger charge is 2.06. The number of hydrogen-bond acceptors (Lipinski definition) is 2.